The fraction of sp³-hybridized carbons (Fsp3) is 0.417. The first-order valence-corrected chi connectivity index (χ1v) is 10.3. The van der Waals surface area contributed by atoms with E-state index < -0.39 is 17.8 Å². The molecular weight excluding hydrogens is 424 g/mol. The summed E-state index contributed by atoms with van der Waals surface area (Å²) in [6.07, 6.45) is -4.08. The van der Waals surface area contributed by atoms with Gasteiger partial charge in [0.2, 0.25) is 5.91 Å². The molecule has 8 heteroatoms. The van der Waals surface area contributed by atoms with Crippen LogP contribution >= 0.6 is 0 Å². The molecular formula is C24H26F4N2O2. The predicted octanol–water partition coefficient (Wildman–Crippen LogP) is 5.80. The van der Waals surface area contributed by atoms with Crippen LogP contribution in [-0.4, -0.2) is 29.2 Å². The molecule has 0 aromatic heterocycles. The lowest BCUT2D eigenvalue weighted by Gasteiger charge is -2.28. The molecule has 0 unspecified atom stereocenters. The molecule has 0 saturated heterocycles. The summed E-state index contributed by atoms with van der Waals surface area (Å²) < 4.78 is 51.7. The van der Waals surface area contributed by atoms with Crippen LogP contribution in [-0.2, 0) is 22.4 Å². The highest BCUT2D eigenvalue weighted by Gasteiger charge is 2.31. The summed E-state index contributed by atoms with van der Waals surface area (Å²) in [6.45, 7) is 6.25. The van der Waals surface area contributed by atoms with Crippen LogP contribution < -0.4 is 0 Å². The Labute approximate surface area is 184 Å². The zero-order valence-corrected chi connectivity index (χ0v) is 18.2. The van der Waals surface area contributed by atoms with E-state index in [1.54, 1.807) is 17.0 Å². The Balaban J connectivity index is 1.71. The quantitative estimate of drug-likeness (QED) is 0.522. The summed E-state index contributed by atoms with van der Waals surface area (Å²) in [5.74, 6) is -0.462. The minimum absolute atomic E-state index is 0.115. The Hall–Kier alpha value is -2.90. The highest BCUT2D eigenvalue weighted by Crippen LogP contribution is 2.29. The molecule has 3 rings (SSSR count). The number of hydrogen-bond donors (Lipinski definition) is 0. The zero-order valence-electron chi connectivity index (χ0n) is 18.2. The average molecular weight is 450 g/mol. The Morgan fingerprint density at radius 1 is 1.06 bits per heavy atom. The summed E-state index contributed by atoms with van der Waals surface area (Å²) in [5.41, 5.74) is 1.02. The van der Waals surface area contributed by atoms with Crippen LogP contribution in [0.1, 0.15) is 50.3 Å². The van der Waals surface area contributed by atoms with E-state index in [0.29, 0.717) is 17.7 Å². The second-order valence-corrected chi connectivity index (χ2v) is 9.18. The minimum Gasteiger partial charge on any atom is -0.390 e. The highest BCUT2D eigenvalue weighted by molar-refractivity contribution is 6.01. The van der Waals surface area contributed by atoms with E-state index in [1.165, 1.54) is 24.3 Å². The first kappa shape index (κ1) is 23.8. The molecule has 1 amide bonds. The van der Waals surface area contributed by atoms with Gasteiger partial charge in [0.25, 0.3) is 0 Å². The van der Waals surface area contributed by atoms with Gasteiger partial charge in [0, 0.05) is 19.4 Å². The predicted molar refractivity (Wildman–Crippen MR) is 113 cm³/mol. The number of hydrogen-bond acceptors (Lipinski definition) is 3. The maximum atomic E-state index is 13.2. The van der Waals surface area contributed by atoms with Crippen LogP contribution in [0.15, 0.2) is 53.7 Å². The van der Waals surface area contributed by atoms with E-state index in [1.807, 2.05) is 20.8 Å². The van der Waals surface area contributed by atoms with Crippen molar-refractivity contribution in [1.82, 2.24) is 4.90 Å². The molecule has 0 spiro atoms. The third-order valence-corrected chi connectivity index (χ3v) is 5.02. The minimum atomic E-state index is -4.41. The fourth-order valence-electron chi connectivity index (χ4n) is 3.42. The van der Waals surface area contributed by atoms with Crippen molar-refractivity contribution in [1.29, 1.82) is 0 Å². The van der Waals surface area contributed by atoms with Crippen molar-refractivity contribution < 1.29 is 27.2 Å². The molecule has 1 atom stereocenters. The number of rotatable bonds is 6. The topological polar surface area (TPSA) is 41.9 Å². The van der Waals surface area contributed by atoms with Gasteiger partial charge in [0.05, 0.1) is 17.8 Å². The Bertz CT molecular complexity index is 961. The Morgan fingerprint density at radius 3 is 2.25 bits per heavy atom. The first-order chi connectivity index (χ1) is 14.9. The molecule has 1 heterocycles. The van der Waals surface area contributed by atoms with Crippen molar-refractivity contribution in [3.05, 3.63) is 71.0 Å². The average Bonchev–Trinajstić information content (AvgIpc) is 3.15. The molecule has 0 fully saturated rings. The number of benzene rings is 2. The standard InChI is InChI=1S/C24H26F4N2O2/c1-23(2,3)13-22(31)30(14-16-4-8-18(9-5-16)24(26,27)28)15-20-12-21(29-32-20)17-6-10-19(25)11-7-17/h4-11,20H,12-15H2,1-3H3/t20-/m0/s1. The monoisotopic (exact) mass is 450 g/mol. The molecule has 0 aliphatic carbocycles. The summed E-state index contributed by atoms with van der Waals surface area (Å²) >= 11 is 0. The molecule has 32 heavy (non-hydrogen) atoms. The molecule has 172 valence electrons. The first-order valence-electron chi connectivity index (χ1n) is 10.3. The van der Waals surface area contributed by atoms with Crippen molar-refractivity contribution in [2.45, 2.75) is 52.4 Å². The van der Waals surface area contributed by atoms with Crippen LogP contribution in [0.3, 0.4) is 0 Å². The molecule has 0 saturated carbocycles. The van der Waals surface area contributed by atoms with Gasteiger partial charge in [-0.05, 0) is 40.8 Å². The Kier molecular flexibility index (Phi) is 6.91. The van der Waals surface area contributed by atoms with Crippen LogP contribution in [0, 0.1) is 11.2 Å². The molecule has 2 aromatic rings. The van der Waals surface area contributed by atoms with E-state index in [2.05, 4.69) is 5.16 Å². The fourth-order valence-corrected chi connectivity index (χ4v) is 3.42. The summed E-state index contributed by atoms with van der Waals surface area (Å²) in [7, 11) is 0. The summed E-state index contributed by atoms with van der Waals surface area (Å²) in [4.78, 5) is 20.1. The number of carbonyl (C=O) groups is 1. The number of amides is 1. The lowest BCUT2D eigenvalue weighted by Crippen LogP contribution is -2.38. The van der Waals surface area contributed by atoms with Crippen molar-refractivity contribution in [3.63, 3.8) is 0 Å². The number of nitrogens with zero attached hydrogens (tertiary/aromatic N) is 2. The van der Waals surface area contributed by atoms with Gasteiger partial charge in [0.15, 0.2) is 6.10 Å². The second-order valence-electron chi connectivity index (χ2n) is 9.18. The van der Waals surface area contributed by atoms with Crippen molar-refractivity contribution >= 4 is 11.6 Å². The van der Waals surface area contributed by atoms with Gasteiger partial charge in [-0.15, -0.1) is 0 Å². The molecule has 1 aliphatic rings. The van der Waals surface area contributed by atoms with Crippen LogP contribution in [0.2, 0.25) is 0 Å². The highest BCUT2D eigenvalue weighted by atomic mass is 19.4. The lowest BCUT2D eigenvalue weighted by molar-refractivity contribution is -0.138. The third kappa shape index (κ3) is 6.55. The van der Waals surface area contributed by atoms with E-state index in [-0.39, 0.29) is 36.6 Å². The third-order valence-electron chi connectivity index (χ3n) is 5.02. The molecule has 0 bridgehead atoms. The lowest BCUT2D eigenvalue weighted by atomic mass is 9.91. The van der Waals surface area contributed by atoms with Gasteiger partial charge < -0.3 is 9.74 Å². The van der Waals surface area contributed by atoms with Crippen LogP contribution in [0.25, 0.3) is 0 Å². The summed E-state index contributed by atoms with van der Waals surface area (Å²) in [6, 6.07) is 10.7. The van der Waals surface area contributed by atoms with Crippen LogP contribution in [0.4, 0.5) is 17.6 Å². The summed E-state index contributed by atoms with van der Waals surface area (Å²) in [5, 5.41) is 4.08. The van der Waals surface area contributed by atoms with E-state index >= 15 is 0 Å². The van der Waals surface area contributed by atoms with Crippen molar-refractivity contribution in [3.8, 4) is 0 Å². The molecule has 0 radical (unpaired) electrons. The van der Waals surface area contributed by atoms with Crippen molar-refractivity contribution in [2.24, 2.45) is 10.6 Å². The van der Waals surface area contributed by atoms with Gasteiger partial charge in [-0.1, -0.05) is 50.2 Å². The maximum absolute atomic E-state index is 13.2. The molecule has 1 aliphatic heterocycles. The smallest absolute Gasteiger partial charge is 0.390 e. The van der Waals surface area contributed by atoms with Gasteiger partial charge in [-0.25, -0.2) is 4.39 Å². The zero-order chi connectivity index (χ0) is 23.5. The van der Waals surface area contributed by atoms with Gasteiger partial charge in [-0.2, -0.15) is 13.2 Å². The largest absolute Gasteiger partial charge is 0.416 e. The molecule has 4 nitrogen and oxygen atoms in total. The van der Waals surface area contributed by atoms with Crippen molar-refractivity contribution in [2.75, 3.05) is 6.54 Å². The number of halogens is 4. The van der Waals surface area contributed by atoms with Gasteiger partial charge in [0.1, 0.15) is 5.82 Å². The second kappa shape index (κ2) is 9.30. The normalized spacial score (nSPS) is 16.5. The van der Waals surface area contributed by atoms with Crippen LogP contribution in [0.5, 0.6) is 0 Å². The van der Waals surface area contributed by atoms with E-state index in [9.17, 15) is 22.4 Å². The maximum Gasteiger partial charge on any atom is 0.416 e. The number of carbonyl (C=O) groups excluding carboxylic acids is 1. The van der Waals surface area contributed by atoms with Gasteiger partial charge >= 0.3 is 6.18 Å². The SMILES string of the molecule is CC(C)(C)CC(=O)N(Cc1ccc(C(F)(F)F)cc1)C[C@@H]1CC(c2ccc(F)cc2)=NO1. The number of oxime groups is 1. The number of alkyl halides is 3. The Morgan fingerprint density at radius 2 is 1.69 bits per heavy atom. The van der Waals surface area contributed by atoms with E-state index in [0.717, 1.165) is 17.7 Å². The molecule has 2 aromatic carbocycles. The molecule has 0 N–H and O–H groups in total. The van der Waals surface area contributed by atoms with E-state index in [4.69, 9.17) is 4.84 Å². The van der Waals surface area contributed by atoms with Gasteiger partial charge in [-0.3, -0.25) is 4.79 Å².